The van der Waals surface area contributed by atoms with Gasteiger partial charge in [-0.25, -0.2) is 14.8 Å². The van der Waals surface area contributed by atoms with E-state index in [1.807, 2.05) is 0 Å². The van der Waals surface area contributed by atoms with E-state index in [2.05, 4.69) is 45.2 Å². The van der Waals surface area contributed by atoms with Gasteiger partial charge in [0.2, 0.25) is 11.9 Å². The third-order valence-electron chi connectivity index (χ3n) is 6.13. The summed E-state index contributed by atoms with van der Waals surface area (Å²) >= 11 is 0.448. The summed E-state index contributed by atoms with van der Waals surface area (Å²) in [6.45, 7) is 0. The number of carboxylic acid groups (broad SMARTS) is 2. The molecular formula is C27H19N7O11S2. The number of hydrogen-bond acceptors (Lipinski definition) is 16. The third-order valence-corrected chi connectivity index (χ3v) is 7.60. The van der Waals surface area contributed by atoms with E-state index in [4.69, 9.17) is 5.26 Å². The third kappa shape index (κ3) is 7.73. The van der Waals surface area contributed by atoms with Crippen molar-refractivity contribution in [2.24, 2.45) is 10.2 Å². The minimum atomic E-state index is -4.79. The first-order valence-corrected chi connectivity index (χ1v) is 14.9. The maximum atomic E-state index is 12.2. The quantitative estimate of drug-likeness (QED) is 0.0273. The molecule has 4 aromatic carbocycles. The molecular weight excluding hydrogens is 662 g/mol. The van der Waals surface area contributed by atoms with Gasteiger partial charge >= 0.3 is 17.9 Å². The van der Waals surface area contributed by atoms with E-state index in [0.717, 1.165) is 12.1 Å². The van der Waals surface area contributed by atoms with Crippen molar-refractivity contribution in [1.29, 1.82) is 0 Å². The monoisotopic (exact) mass is 681 g/mol. The number of para-hydroxylation sites is 1. The number of fused-ring (bicyclic) bond motifs is 1. The molecule has 0 spiro atoms. The number of aromatic nitrogens is 3. The van der Waals surface area contributed by atoms with E-state index < -0.39 is 33.0 Å². The van der Waals surface area contributed by atoms with Crippen LogP contribution in [0.25, 0.3) is 10.8 Å². The number of aromatic hydroxyl groups is 1. The van der Waals surface area contributed by atoms with Gasteiger partial charge in [0.05, 0.1) is 44.3 Å². The first kappa shape index (κ1) is 32.6. The Hall–Kier alpha value is -5.77. The largest absolute Gasteiger partial charge is 0.479 e. The van der Waals surface area contributed by atoms with Crippen LogP contribution in [-0.4, -0.2) is 60.4 Å². The van der Waals surface area contributed by atoms with Gasteiger partial charge in [-0.15, -0.1) is 14.6 Å². The van der Waals surface area contributed by atoms with Gasteiger partial charge in [0.15, 0.2) is 0 Å². The van der Waals surface area contributed by atoms with Crippen molar-refractivity contribution in [1.82, 2.24) is 15.0 Å². The van der Waals surface area contributed by atoms with Gasteiger partial charge in [-0.3, -0.25) is 4.55 Å². The molecule has 5 rings (SSSR count). The number of aromatic carboxylic acids is 2. The molecule has 0 aliphatic rings. The molecule has 0 aliphatic carbocycles. The summed E-state index contributed by atoms with van der Waals surface area (Å²) in [6.07, 6.45) is 0. The molecule has 0 saturated carbocycles. The molecule has 47 heavy (non-hydrogen) atoms. The molecule has 0 aliphatic heterocycles. The smallest absolute Gasteiger partial charge is 0.337 e. The van der Waals surface area contributed by atoms with Crippen LogP contribution in [-0.2, 0) is 19.5 Å². The normalized spacial score (nSPS) is 11.5. The number of benzene rings is 4. The Morgan fingerprint density at radius 1 is 0.787 bits per heavy atom. The van der Waals surface area contributed by atoms with E-state index >= 15 is 0 Å². The average molecular weight is 682 g/mol. The van der Waals surface area contributed by atoms with E-state index in [9.17, 15) is 37.9 Å². The van der Waals surface area contributed by atoms with Gasteiger partial charge in [0, 0.05) is 5.39 Å². The van der Waals surface area contributed by atoms with Crippen molar-refractivity contribution in [3.05, 3.63) is 83.9 Å². The summed E-state index contributed by atoms with van der Waals surface area (Å²) in [5, 5.41) is 55.5. The standard InChI is InChI=1S/C27H19N7O11S2/c35-23(36)15-5-1-3-7-18(15)28-25-30-26(32-27(39)31-25)29-20-11-14(47(41,42)43)9-13-10-22(46-45-44-40)21(12-17(13)20)34-33-19-8-4-2-6-16(19)24(37)38/h1-12,40H,(H,35,36)(H,37,38)(H,41,42,43)(H3,28,29,30,31,32,39)/b34-33+. The fraction of sp³-hybridized carbons (Fsp3) is 0. The van der Waals surface area contributed by atoms with Crippen molar-refractivity contribution in [2.45, 2.75) is 9.79 Å². The minimum absolute atomic E-state index is 0.000561. The first-order valence-electron chi connectivity index (χ1n) is 12.7. The van der Waals surface area contributed by atoms with Crippen LogP contribution in [0.2, 0.25) is 0 Å². The van der Waals surface area contributed by atoms with Crippen LogP contribution < -0.4 is 10.6 Å². The Bertz CT molecular complexity index is 2170. The zero-order chi connectivity index (χ0) is 33.7. The van der Waals surface area contributed by atoms with Crippen molar-refractivity contribution >= 4 is 79.5 Å². The molecule has 0 radical (unpaired) electrons. The van der Waals surface area contributed by atoms with Crippen LogP contribution >= 0.6 is 12.0 Å². The topological polar surface area (TPSA) is 275 Å². The van der Waals surface area contributed by atoms with Crippen LogP contribution in [0.1, 0.15) is 20.7 Å². The Kier molecular flexibility index (Phi) is 9.51. The van der Waals surface area contributed by atoms with E-state index in [1.165, 1.54) is 48.5 Å². The highest BCUT2D eigenvalue weighted by molar-refractivity contribution is 7.94. The lowest BCUT2D eigenvalue weighted by atomic mass is 10.1. The maximum absolute atomic E-state index is 12.2. The number of anilines is 4. The lowest BCUT2D eigenvalue weighted by Gasteiger charge is -2.14. The lowest BCUT2D eigenvalue weighted by molar-refractivity contribution is -0.432. The fourth-order valence-corrected chi connectivity index (χ4v) is 5.15. The molecule has 20 heteroatoms. The molecule has 0 fully saturated rings. The SMILES string of the molecule is O=C(O)c1ccccc1/N=N/c1cc2c(Nc3nc(O)nc(Nc4ccccc4C(=O)O)n3)cc(S(=O)(=O)O)cc2cc1SOOO. The minimum Gasteiger partial charge on any atom is -0.479 e. The maximum Gasteiger partial charge on any atom is 0.337 e. The van der Waals surface area contributed by atoms with E-state index in [1.54, 1.807) is 12.1 Å². The Balaban J connectivity index is 1.63. The summed E-state index contributed by atoms with van der Waals surface area (Å²) in [5.41, 5.74) is -0.198. The van der Waals surface area contributed by atoms with Gasteiger partial charge in [0.25, 0.3) is 10.1 Å². The van der Waals surface area contributed by atoms with Crippen LogP contribution in [0.3, 0.4) is 0 Å². The first-order chi connectivity index (χ1) is 22.4. The van der Waals surface area contributed by atoms with Crippen LogP contribution in [0, 0.1) is 0 Å². The Morgan fingerprint density at radius 3 is 2.06 bits per heavy atom. The molecule has 0 bridgehead atoms. The number of nitrogens with zero attached hydrogens (tertiary/aromatic N) is 5. The number of hydrogen-bond donors (Lipinski definition) is 7. The number of carbonyl (C=O) groups is 2. The zero-order valence-electron chi connectivity index (χ0n) is 23.2. The summed E-state index contributed by atoms with van der Waals surface area (Å²) < 4.78 is 38.7. The van der Waals surface area contributed by atoms with Gasteiger partial charge in [-0.05, 0) is 53.9 Å². The number of rotatable bonds is 12. The second kappa shape index (κ2) is 13.7. The number of carboxylic acids is 2. The zero-order valence-corrected chi connectivity index (χ0v) is 24.8. The molecule has 0 amide bonds. The second-order valence-electron chi connectivity index (χ2n) is 9.12. The summed E-state index contributed by atoms with van der Waals surface area (Å²) in [5.74, 6) is -3.12. The van der Waals surface area contributed by atoms with Gasteiger partial charge in [-0.1, -0.05) is 29.3 Å². The van der Waals surface area contributed by atoms with Crippen LogP contribution in [0.5, 0.6) is 6.01 Å². The molecule has 18 nitrogen and oxygen atoms in total. The summed E-state index contributed by atoms with van der Waals surface area (Å²) in [4.78, 5) is 34.5. The molecule has 7 N–H and O–H groups in total. The predicted octanol–water partition coefficient (Wildman–Crippen LogP) is 5.70. The summed E-state index contributed by atoms with van der Waals surface area (Å²) in [6, 6.07) is 15.7. The molecule has 1 aromatic heterocycles. The molecule has 5 aromatic rings. The number of nitrogens with one attached hydrogen (secondary N) is 2. The van der Waals surface area contributed by atoms with Crippen molar-refractivity contribution < 1.29 is 52.5 Å². The van der Waals surface area contributed by atoms with Crippen molar-refractivity contribution in [3.63, 3.8) is 0 Å². The van der Waals surface area contributed by atoms with Crippen LogP contribution in [0.4, 0.5) is 34.6 Å². The molecule has 240 valence electrons. The highest BCUT2D eigenvalue weighted by atomic mass is 32.2. The average Bonchev–Trinajstić information content (AvgIpc) is 3.02. The van der Waals surface area contributed by atoms with Crippen molar-refractivity contribution in [2.75, 3.05) is 10.6 Å². The lowest BCUT2D eigenvalue weighted by Crippen LogP contribution is -2.07. The summed E-state index contributed by atoms with van der Waals surface area (Å²) in [7, 11) is -4.79. The van der Waals surface area contributed by atoms with Crippen LogP contribution in [0.15, 0.2) is 92.8 Å². The van der Waals surface area contributed by atoms with E-state index in [0.29, 0.717) is 12.0 Å². The van der Waals surface area contributed by atoms with Gasteiger partial charge in [0.1, 0.15) is 11.4 Å². The molecule has 0 saturated heterocycles. The van der Waals surface area contributed by atoms with E-state index in [-0.39, 0.29) is 61.4 Å². The highest BCUT2D eigenvalue weighted by Gasteiger charge is 2.19. The Labute approximate surface area is 267 Å². The highest BCUT2D eigenvalue weighted by Crippen LogP contribution is 2.40. The van der Waals surface area contributed by atoms with Gasteiger partial charge in [-0.2, -0.15) is 23.4 Å². The van der Waals surface area contributed by atoms with Crippen molar-refractivity contribution in [3.8, 4) is 6.01 Å². The predicted molar refractivity (Wildman–Crippen MR) is 163 cm³/mol. The molecule has 0 atom stereocenters. The Morgan fingerprint density at radius 2 is 1.40 bits per heavy atom. The number of azo groups is 1. The fourth-order valence-electron chi connectivity index (χ4n) is 4.15. The van der Waals surface area contributed by atoms with Gasteiger partial charge < -0.3 is 26.0 Å². The second-order valence-corrected chi connectivity index (χ2v) is 11.3. The molecule has 1 heterocycles. The molecule has 0 unspecified atom stereocenters.